The molecule has 3 nitrogen and oxygen atoms in total. The first kappa shape index (κ1) is 13.9. The maximum absolute atomic E-state index is 3.34. The minimum atomic E-state index is 0.665. The van der Waals surface area contributed by atoms with Crippen molar-refractivity contribution >= 4 is 0 Å². The summed E-state index contributed by atoms with van der Waals surface area (Å²) in [5, 5.41) is 6.43. The number of hydrogen-bond acceptors (Lipinski definition) is 3. The van der Waals surface area contributed by atoms with E-state index < -0.39 is 0 Å². The second-order valence-electron chi connectivity index (χ2n) is 4.01. The molecule has 0 bridgehead atoms. The van der Waals surface area contributed by atoms with Crippen LogP contribution in [0.5, 0.6) is 0 Å². The molecule has 0 atom stereocenters. The summed E-state index contributed by atoms with van der Waals surface area (Å²) in [4.78, 5) is 2.53. The Bertz CT molecular complexity index is 115. The first-order valence-corrected chi connectivity index (χ1v) is 5.81. The van der Waals surface area contributed by atoms with Crippen LogP contribution in [0, 0.1) is 0 Å². The zero-order chi connectivity index (χ0) is 10.8. The van der Waals surface area contributed by atoms with Crippen molar-refractivity contribution in [2.45, 2.75) is 39.7 Å². The van der Waals surface area contributed by atoms with Crippen molar-refractivity contribution in [2.24, 2.45) is 0 Å². The zero-order valence-electron chi connectivity index (χ0n) is 10.3. The summed E-state index contributed by atoms with van der Waals surface area (Å²) in [5.41, 5.74) is 0. The highest BCUT2D eigenvalue weighted by molar-refractivity contribution is 4.63. The maximum atomic E-state index is 3.34. The van der Waals surface area contributed by atoms with Gasteiger partial charge in [0.15, 0.2) is 0 Å². The molecule has 0 rings (SSSR count). The number of rotatable bonds is 9. The Morgan fingerprint density at radius 1 is 1.21 bits per heavy atom. The average Bonchev–Trinajstić information content (AvgIpc) is 2.16. The van der Waals surface area contributed by atoms with Crippen LogP contribution >= 0.6 is 0 Å². The molecular weight excluding hydrogens is 174 g/mol. The summed E-state index contributed by atoms with van der Waals surface area (Å²) >= 11 is 0. The van der Waals surface area contributed by atoms with Crippen LogP contribution < -0.4 is 10.6 Å². The van der Waals surface area contributed by atoms with Crippen LogP contribution in [0.3, 0.4) is 0 Å². The number of hydrogen-bond donors (Lipinski definition) is 2. The van der Waals surface area contributed by atoms with E-state index in [1.54, 1.807) is 0 Å². The summed E-state index contributed by atoms with van der Waals surface area (Å²) in [7, 11) is 1.96. The van der Waals surface area contributed by atoms with Gasteiger partial charge in [0, 0.05) is 25.8 Å². The highest BCUT2D eigenvalue weighted by Crippen LogP contribution is 2.00. The molecule has 2 N–H and O–H groups in total. The van der Waals surface area contributed by atoms with E-state index in [0.29, 0.717) is 6.04 Å². The molecule has 0 aromatic heterocycles. The van der Waals surface area contributed by atoms with Gasteiger partial charge >= 0.3 is 0 Å². The van der Waals surface area contributed by atoms with Crippen LogP contribution in [0.15, 0.2) is 0 Å². The van der Waals surface area contributed by atoms with Crippen molar-refractivity contribution in [3.05, 3.63) is 0 Å². The molecule has 0 aromatic rings. The van der Waals surface area contributed by atoms with Gasteiger partial charge in [-0.3, -0.25) is 4.90 Å². The second kappa shape index (κ2) is 9.44. The lowest BCUT2D eigenvalue weighted by Gasteiger charge is -2.26. The van der Waals surface area contributed by atoms with Gasteiger partial charge in [-0.05, 0) is 33.9 Å². The molecule has 0 fully saturated rings. The van der Waals surface area contributed by atoms with E-state index in [1.165, 1.54) is 19.4 Å². The SMILES string of the molecule is CCCCN(CCNCNC)C(C)C. The summed E-state index contributed by atoms with van der Waals surface area (Å²) < 4.78 is 0. The van der Waals surface area contributed by atoms with Gasteiger partial charge in [-0.25, -0.2) is 0 Å². The molecule has 0 heterocycles. The van der Waals surface area contributed by atoms with Gasteiger partial charge < -0.3 is 10.6 Å². The van der Waals surface area contributed by atoms with E-state index in [9.17, 15) is 0 Å². The van der Waals surface area contributed by atoms with Crippen LogP contribution in [0.4, 0.5) is 0 Å². The summed E-state index contributed by atoms with van der Waals surface area (Å²) in [6.07, 6.45) is 2.59. The van der Waals surface area contributed by atoms with Gasteiger partial charge in [-0.1, -0.05) is 13.3 Å². The van der Waals surface area contributed by atoms with Crippen molar-refractivity contribution in [1.82, 2.24) is 15.5 Å². The lowest BCUT2D eigenvalue weighted by Crippen LogP contribution is -2.39. The van der Waals surface area contributed by atoms with Gasteiger partial charge in [-0.2, -0.15) is 0 Å². The minimum Gasteiger partial charge on any atom is -0.308 e. The second-order valence-corrected chi connectivity index (χ2v) is 4.01. The Labute approximate surface area is 89.2 Å². The van der Waals surface area contributed by atoms with Crippen molar-refractivity contribution in [1.29, 1.82) is 0 Å². The van der Waals surface area contributed by atoms with E-state index in [-0.39, 0.29) is 0 Å². The molecule has 0 saturated carbocycles. The first-order valence-electron chi connectivity index (χ1n) is 5.81. The van der Waals surface area contributed by atoms with Crippen LogP contribution in [0.1, 0.15) is 33.6 Å². The van der Waals surface area contributed by atoms with Gasteiger partial charge in [0.05, 0.1) is 0 Å². The van der Waals surface area contributed by atoms with Crippen LogP contribution in [-0.4, -0.2) is 44.3 Å². The molecule has 14 heavy (non-hydrogen) atoms. The van der Waals surface area contributed by atoms with Crippen LogP contribution in [0.25, 0.3) is 0 Å². The van der Waals surface area contributed by atoms with Crippen molar-refractivity contribution in [3.8, 4) is 0 Å². The summed E-state index contributed by atoms with van der Waals surface area (Å²) in [5.74, 6) is 0. The molecule has 0 amide bonds. The van der Waals surface area contributed by atoms with E-state index in [2.05, 4.69) is 36.3 Å². The van der Waals surface area contributed by atoms with E-state index in [0.717, 1.165) is 19.8 Å². The molecule has 0 radical (unpaired) electrons. The highest BCUT2D eigenvalue weighted by Gasteiger charge is 2.07. The van der Waals surface area contributed by atoms with Gasteiger partial charge in [0.1, 0.15) is 0 Å². The Morgan fingerprint density at radius 2 is 1.93 bits per heavy atom. The third kappa shape index (κ3) is 7.30. The van der Waals surface area contributed by atoms with Gasteiger partial charge in [-0.15, -0.1) is 0 Å². The van der Waals surface area contributed by atoms with Crippen LogP contribution in [0.2, 0.25) is 0 Å². The molecule has 0 aliphatic heterocycles. The first-order chi connectivity index (χ1) is 6.72. The predicted molar refractivity (Wildman–Crippen MR) is 63.5 cm³/mol. The standard InChI is InChI=1S/C11H27N3/c1-5-6-8-14(11(2)3)9-7-13-10-12-4/h11-13H,5-10H2,1-4H3. The minimum absolute atomic E-state index is 0.665. The van der Waals surface area contributed by atoms with E-state index >= 15 is 0 Å². The average molecular weight is 201 g/mol. The Hall–Kier alpha value is -0.120. The fourth-order valence-corrected chi connectivity index (χ4v) is 1.43. The third-order valence-corrected chi connectivity index (χ3v) is 2.41. The molecule has 3 heteroatoms. The lowest BCUT2D eigenvalue weighted by molar-refractivity contribution is 0.218. The van der Waals surface area contributed by atoms with Crippen LogP contribution in [-0.2, 0) is 0 Å². The predicted octanol–water partition coefficient (Wildman–Crippen LogP) is 1.26. The number of unbranched alkanes of at least 4 members (excludes halogenated alkanes) is 1. The Morgan fingerprint density at radius 3 is 2.43 bits per heavy atom. The number of nitrogens with zero attached hydrogens (tertiary/aromatic N) is 1. The summed E-state index contributed by atoms with van der Waals surface area (Å²) in [6.45, 7) is 11.1. The number of nitrogens with one attached hydrogen (secondary N) is 2. The largest absolute Gasteiger partial charge is 0.308 e. The molecule has 0 spiro atoms. The molecule has 0 aliphatic rings. The fraction of sp³-hybridized carbons (Fsp3) is 1.00. The van der Waals surface area contributed by atoms with E-state index in [4.69, 9.17) is 0 Å². The molecule has 0 unspecified atom stereocenters. The van der Waals surface area contributed by atoms with E-state index in [1.807, 2.05) is 7.05 Å². The molecular formula is C11H27N3. The molecule has 0 saturated heterocycles. The lowest BCUT2D eigenvalue weighted by atomic mass is 10.2. The quantitative estimate of drug-likeness (QED) is 0.434. The highest BCUT2D eigenvalue weighted by atomic mass is 15.2. The molecule has 86 valence electrons. The summed E-state index contributed by atoms with van der Waals surface area (Å²) in [6, 6.07) is 0.665. The third-order valence-electron chi connectivity index (χ3n) is 2.41. The Balaban J connectivity index is 3.52. The van der Waals surface area contributed by atoms with Gasteiger partial charge in [0.2, 0.25) is 0 Å². The zero-order valence-corrected chi connectivity index (χ0v) is 10.3. The Kier molecular flexibility index (Phi) is 9.35. The maximum Gasteiger partial charge on any atom is 0.0452 e. The molecule has 0 aliphatic carbocycles. The van der Waals surface area contributed by atoms with Crippen molar-refractivity contribution in [2.75, 3.05) is 33.4 Å². The van der Waals surface area contributed by atoms with Crippen molar-refractivity contribution in [3.63, 3.8) is 0 Å². The fourth-order valence-electron chi connectivity index (χ4n) is 1.43. The normalized spacial score (nSPS) is 11.6. The topological polar surface area (TPSA) is 27.3 Å². The smallest absolute Gasteiger partial charge is 0.0452 e. The molecule has 0 aromatic carbocycles. The van der Waals surface area contributed by atoms with Gasteiger partial charge in [0.25, 0.3) is 0 Å². The van der Waals surface area contributed by atoms with Crippen molar-refractivity contribution < 1.29 is 0 Å². The monoisotopic (exact) mass is 201 g/mol.